The molecule has 1 aliphatic rings. The SMILES string of the molecule is COC(=O)[C@H]1[C@H](C)CCC[C@H]1NC(=O)OCc1ccccc1. The van der Waals surface area contributed by atoms with Crippen LogP contribution in [0.25, 0.3) is 0 Å². The minimum Gasteiger partial charge on any atom is -0.469 e. The standard InChI is InChI=1S/C17H23NO4/c1-12-7-6-10-14(15(12)16(19)21-2)18-17(20)22-11-13-8-4-3-5-9-13/h3-5,8-9,12,14-15H,6-7,10-11H2,1-2H3,(H,18,20)/t12-,14-,15+/m1/s1. The average Bonchev–Trinajstić information content (AvgIpc) is 2.53. The van der Waals surface area contributed by atoms with Gasteiger partial charge in [-0.3, -0.25) is 4.79 Å². The van der Waals surface area contributed by atoms with Gasteiger partial charge in [-0.15, -0.1) is 0 Å². The topological polar surface area (TPSA) is 64.6 Å². The molecule has 1 N–H and O–H groups in total. The van der Waals surface area contributed by atoms with Gasteiger partial charge in [0.05, 0.1) is 13.0 Å². The van der Waals surface area contributed by atoms with Crippen molar-refractivity contribution in [2.24, 2.45) is 11.8 Å². The van der Waals surface area contributed by atoms with Crippen molar-refractivity contribution in [1.29, 1.82) is 0 Å². The van der Waals surface area contributed by atoms with E-state index in [9.17, 15) is 9.59 Å². The van der Waals surface area contributed by atoms with E-state index in [4.69, 9.17) is 9.47 Å². The lowest BCUT2D eigenvalue weighted by Crippen LogP contribution is -2.48. The highest BCUT2D eigenvalue weighted by atomic mass is 16.5. The largest absolute Gasteiger partial charge is 0.469 e. The van der Waals surface area contributed by atoms with Crippen LogP contribution in [0.5, 0.6) is 0 Å². The highest BCUT2D eigenvalue weighted by Gasteiger charge is 2.37. The normalized spacial score (nSPS) is 24.4. The van der Waals surface area contributed by atoms with Gasteiger partial charge in [-0.05, 0) is 24.3 Å². The number of methoxy groups -OCH3 is 1. The minimum absolute atomic E-state index is 0.195. The first-order valence-electron chi connectivity index (χ1n) is 7.67. The summed E-state index contributed by atoms with van der Waals surface area (Å²) in [6, 6.07) is 9.27. The fraction of sp³-hybridized carbons (Fsp3) is 0.529. The molecule has 5 nitrogen and oxygen atoms in total. The van der Waals surface area contributed by atoms with E-state index in [2.05, 4.69) is 5.32 Å². The van der Waals surface area contributed by atoms with Crippen LogP contribution in [0.2, 0.25) is 0 Å². The maximum atomic E-state index is 12.0. The summed E-state index contributed by atoms with van der Waals surface area (Å²) in [6.45, 7) is 2.24. The molecule has 0 saturated heterocycles. The molecule has 1 aliphatic carbocycles. The van der Waals surface area contributed by atoms with Crippen molar-refractivity contribution < 1.29 is 19.1 Å². The van der Waals surface area contributed by atoms with Crippen molar-refractivity contribution in [2.45, 2.75) is 38.8 Å². The number of esters is 1. The lowest BCUT2D eigenvalue weighted by Gasteiger charge is -2.34. The molecular weight excluding hydrogens is 282 g/mol. The molecule has 0 unspecified atom stereocenters. The molecule has 0 heterocycles. The quantitative estimate of drug-likeness (QED) is 0.869. The van der Waals surface area contributed by atoms with Crippen LogP contribution in [-0.2, 0) is 20.9 Å². The Balaban J connectivity index is 1.89. The molecule has 5 heteroatoms. The fourth-order valence-electron chi connectivity index (χ4n) is 3.03. The number of carbonyl (C=O) groups excluding carboxylic acids is 2. The van der Waals surface area contributed by atoms with Gasteiger partial charge >= 0.3 is 12.1 Å². The first-order chi connectivity index (χ1) is 10.6. The van der Waals surface area contributed by atoms with Gasteiger partial charge in [0.15, 0.2) is 0 Å². The lowest BCUT2D eigenvalue weighted by molar-refractivity contribution is -0.149. The van der Waals surface area contributed by atoms with E-state index in [0.717, 1.165) is 24.8 Å². The highest BCUT2D eigenvalue weighted by molar-refractivity contribution is 5.75. The Kier molecular flexibility index (Phi) is 5.81. The second kappa shape index (κ2) is 7.82. The molecule has 0 bridgehead atoms. The number of hydrogen-bond acceptors (Lipinski definition) is 4. The third-order valence-corrected chi connectivity index (χ3v) is 4.21. The second-order valence-electron chi connectivity index (χ2n) is 5.77. The maximum absolute atomic E-state index is 12.0. The summed E-state index contributed by atoms with van der Waals surface area (Å²) in [5, 5.41) is 2.82. The van der Waals surface area contributed by atoms with E-state index < -0.39 is 6.09 Å². The molecule has 120 valence electrons. The van der Waals surface area contributed by atoms with Gasteiger partial charge in [-0.25, -0.2) is 4.79 Å². The smallest absolute Gasteiger partial charge is 0.407 e. The van der Waals surface area contributed by atoms with Crippen LogP contribution in [0.4, 0.5) is 4.79 Å². The number of hydrogen-bond donors (Lipinski definition) is 1. The number of alkyl carbamates (subject to hydrolysis) is 1. The highest BCUT2D eigenvalue weighted by Crippen LogP contribution is 2.31. The Labute approximate surface area is 131 Å². The first-order valence-corrected chi connectivity index (χ1v) is 7.67. The van der Waals surface area contributed by atoms with E-state index >= 15 is 0 Å². The van der Waals surface area contributed by atoms with Crippen molar-refractivity contribution in [2.75, 3.05) is 7.11 Å². The van der Waals surface area contributed by atoms with Gasteiger partial charge in [0.25, 0.3) is 0 Å². The number of nitrogens with one attached hydrogen (secondary N) is 1. The van der Waals surface area contributed by atoms with E-state index in [1.807, 2.05) is 37.3 Å². The molecule has 1 aromatic carbocycles. The molecule has 1 aromatic rings. The van der Waals surface area contributed by atoms with Gasteiger partial charge in [0.1, 0.15) is 6.61 Å². The summed E-state index contributed by atoms with van der Waals surface area (Å²) >= 11 is 0. The van der Waals surface area contributed by atoms with Gasteiger partial charge in [0.2, 0.25) is 0 Å². The molecule has 0 aromatic heterocycles. The Bertz CT molecular complexity index is 503. The third kappa shape index (κ3) is 4.23. The summed E-state index contributed by atoms with van der Waals surface area (Å²) < 4.78 is 10.1. The van der Waals surface area contributed by atoms with E-state index in [1.165, 1.54) is 7.11 Å². The molecule has 1 fully saturated rings. The van der Waals surface area contributed by atoms with Crippen LogP contribution in [-0.4, -0.2) is 25.2 Å². The van der Waals surface area contributed by atoms with Crippen molar-refractivity contribution in [1.82, 2.24) is 5.32 Å². The van der Waals surface area contributed by atoms with Crippen LogP contribution in [0.15, 0.2) is 30.3 Å². The van der Waals surface area contributed by atoms with Crippen molar-refractivity contribution in [3.63, 3.8) is 0 Å². The number of rotatable bonds is 4. The first kappa shape index (κ1) is 16.3. The molecule has 0 aliphatic heterocycles. The van der Waals surface area contributed by atoms with Crippen molar-refractivity contribution in [3.05, 3.63) is 35.9 Å². The molecule has 3 atom stereocenters. The molecular formula is C17H23NO4. The summed E-state index contributed by atoms with van der Waals surface area (Å²) in [5.41, 5.74) is 0.930. The predicted octanol–water partition coefficient (Wildman–Crippen LogP) is 2.89. The maximum Gasteiger partial charge on any atom is 0.407 e. The summed E-state index contributed by atoms with van der Waals surface area (Å²) in [4.78, 5) is 23.9. The van der Waals surface area contributed by atoms with E-state index in [-0.39, 0.29) is 30.5 Å². The number of benzene rings is 1. The minimum atomic E-state index is -0.489. The second-order valence-corrected chi connectivity index (χ2v) is 5.77. The monoisotopic (exact) mass is 305 g/mol. The summed E-state index contributed by atoms with van der Waals surface area (Å²) in [5.74, 6) is -0.371. The Morgan fingerprint density at radius 3 is 2.64 bits per heavy atom. The van der Waals surface area contributed by atoms with Gasteiger partial charge in [-0.2, -0.15) is 0 Å². The zero-order chi connectivity index (χ0) is 15.9. The van der Waals surface area contributed by atoms with E-state index in [1.54, 1.807) is 0 Å². The number of ether oxygens (including phenoxy) is 2. The molecule has 1 saturated carbocycles. The Hall–Kier alpha value is -2.04. The fourth-order valence-corrected chi connectivity index (χ4v) is 3.03. The van der Waals surface area contributed by atoms with Gasteiger partial charge in [0, 0.05) is 6.04 Å². The van der Waals surface area contributed by atoms with Crippen LogP contribution < -0.4 is 5.32 Å². The Morgan fingerprint density at radius 1 is 1.23 bits per heavy atom. The summed E-state index contributed by atoms with van der Waals surface area (Å²) in [6.07, 6.45) is 2.23. The molecule has 22 heavy (non-hydrogen) atoms. The van der Waals surface area contributed by atoms with Crippen LogP contribution in [0, 0.1) is 11.8 Å². The van der Waals surface area contributed by atoms with E-state index in [0.29, 0.717) is 0 Å². The van der Waals surface area contributed by atoms with Crippen LogP contribution >= 0.6 is 0 Å². The zero-order valence-electron chi connectivity index (χ0n) is 13.1. The lowest BCUT2D eigenvalue weighted by atomic mass is 9.77. The van der Waals surface area contributed by atoms with Gasteiger partial charge < -0.3 is 14.8 Å². The predicted molar refractivity (Wildman–Crippen MR) is 82.1 cm³/mol. The molecule has 0 radical (unpaired) electrons. The molecule has 2 rings (SSSR count). The van der Waals surface area contributed by atoms with Gasteiger partial charge in [-0.1, -0.05) is 43.7 Å². The molecule has 0 spiro atoms. The zero-order valence-corrected chi connectivity index (χ0v) is 13.1. The Morgan fingerprint density at radius 2 is 1.95 bits per heavy atom. The average molecular weight is 305 g/mol. The third-order valence-electron chi connectivity index (χ3n) is 4.21. The van der Waals surface area contributed by atoms with Crippen molar-refractivity contribution in [3.8, 4) is 0 Å². The van der Waals surface area contributed by atoms with Crippen LogP contribution in [0.3, 0.4) is 0 Å². The van der Waals surface area contributed by atoms with Crippen molar-refractivity contribution >= 4 is 12.1 Å². The van der Waals surface area contributed by atoms with Crippen LogP contribution in [0.1, 0.15) is 31.7 Å². The number of amides is 1. The number of carbonyl (C=O) groups is 2. The molecule has 1 amide bonds. The summed E-state index contributed by atoms with van der Waals surface area (Å²) in [7, 11) is 1.38.